The Morgan fingerprint density at radius 3 is 2.38 bits per heavy atom. The first-order chi connectivity index (χ1) is 10.0. The Balaban J connectivity index is 2.04. The highest BCUT2D eigenvalue weighted by atomic mass is 32.2. The van der Waals surface area contributed by atoms with Crippen LogP contribution in [0.3, 0.4) is 0 Å². The van der Waals surface area contributed by atoms with Gasteiger partial charge in [-0.15, -0.1) is 0 Å². The van der Waals surface area contributed by atoms with E-state index in [1.165, 1.54) is 4.31 Å². The van der Waals surface area contributed by atoms with E-state index in [1.807, 2.05) is 12.1 Å². The van der Waals surface area contributed by atoms with E-state index < -0.39 is 20.8 Å². The fourth-order valence-electron chi connectivity index (χ4n) is 2.20. The SMILES string of the molecule is CCCNCc1ccc(S(=O)(=O)N2CCS(=O)CC2)cc1. The molecule has 1 saturated heterocycles. The van der Waals surface area contributed by atoms with Crippen molar-refractivity contribution in [1.29, 1.82) is 0 Å². The van der Waals surface area contributed by atoms with Crippen LogP contribution in [0.4, 0.5) is 0 Å². The van der Waals surface area contributed by atoms with Crippen LogP contribution in [-0.4, -0.2) is 48.1 Å². The molecule has 1 aromatic rings. The van der Waals surface area contributed by atoms with Gasteiger partial charge in [0.05, 0.1) is 4.90 Å². The van der Waals surface area contributed by atoms with Crippen LogP contribution >= 0.6 is 0 Å². The van der Waals surface area contributed by atoms with Gasteiger partial charge in [-0.05, 0) is 30.7 Å². The molecule has 0 saturated carbocycles. The van der Waals surface area contributed by atoms with E-state index in [4.69, 9.17) is 0 Å². The molecular formula is C14H22N2O3S2. The molecule has 21 heavy (non-hydrogen) atoms. The summed E-state index contributed by atoms with van der Waals surface area (Å²) in [4.78, 5) is 0.314. The number of sulfonamides is 1. The average Bonchev–Trinajstić information content (AvgIpc) is 2.48. The summed E-state index contributed by atoms with van der Waals surface area (Å²) < 4.78 is 37.7. The molecule has 1 N–H and O–H groups in total. The smallest absolute Gasteiger partial charge is 0.243 e. The van der Waals surface area contributed by atoms with Crippen LogP contribution in [0.5, 0.6) is 0 Å². The largest absolute Gasteiger partial charge is 0.313 e. The summed E-state index contributed by atoms with van der Waals surface area (Å²) in [5.74, 6) is 0.858. The van der Waals surface area contributed by atoms with Gasteiger partial charge in [-0.1, -0.05) is 19.1 Å². The third-order valence-corrected chi connectivity index (χ3v) is 6.64. The number of hydrogen-bond donors (Lipinski definition) is 1. The number of hydrogen-bond acceptors (Lipinski definition) is 4. The van der Waals surface area contributed by atoms with Gasteiger partial charge in [0.2, 0.25) is 10.0 Å². The van der Waals surface area contributed by atoms with Crippen LogP contribution < -0.4 is 5.32 Å². The van der Waals surface area contributed by atoms with Crippen LogP contribution in [0.25, 0.3) is 0 Å². The van der Waals surface area contributed by atoms with Crippen molar-refractivity contribution in [2.45, 2.75) is 24.8 Å². The van der Waals surface area contributed by atoms with E-state index in [-0.39, 0.29) is 0 Å². The fraction of sp³-hybridized carbons (Fsp3) is 0.571. The van der Waals surface area contributed by atoms with Gasteiger partial charge in [0.25, 0.3) is 0 Å². The highest BCUT2D eigenvalue weighted by Crippen LogP contribution is 2.18. The molecule has 0 atom stereocenters. The van der Waals surface area contributed by atoms with Crippen molar-refractivity contribution in [2.75, 3.05) is 31.1 Å². The lowest BCUT2D eigenvalue weighted by Crippen LogP contribution is -2.41. The van der Waals surface area contributed by atoms with Gasteiger partial charge in [-0.3, -0.25) is 4.21 Å². The Bertz CT molecular complexity index is 575. The van der Waals surface area contributed by atoms with Crippen molar-refractivity contribution in [3.63, 3.8) is 0 Å². The molecule has 2 rings (SSSR count). The minimum atomic E-state index is -3.45. The Kier molecular flexibility index (Phi) is 5.92. The van der Waals surface area contributed by atoms with E-state index in [9.17, 15) is 12.6 Å². The van der Waals surface area contributed by atoms with Crippen molar-refractivity contribution in [2.24, 2.45) is 0 Å². The Hall–Kier alpha value is -0.760. The molecule has 0 spiro atoms. The minimum absolute atomic E-state index is 0.314. The van der Waals surface area contributed by atoms with E-state index in [0.717, 1.165) is 25.1 Å². The minimum Gasteiger partial charge on any atom is -0.313 e. The maximum Gasteiger partial charge on any atom is 0.243 e. The second kappa shape index (κ2) is 7.49. The van der Waals surface area contributed by atoms with Crippen molar-refractivity contribution in [1.82, 2.24) is 9.62 Å². The van der Waals surface area contributed by atoms with Crippen molar-refractivity contribution in [3.05, 3.63) is 29.8 Å². The lowest BCUT2D eigenvalue weighted by molar-refractivity contribution is 0.438. The topological polar surface area (TPSA) is 66.5 Å². The van der Waals surface area contributed by atoms with Gasteiger partial charge < -0.3 is 5.32 Å². The molecule has 1 aromatic carbocycles. The summed E-state index contributed by atoms with van der Waals surface area (Å²) in [5, 5.41) is 3.28. The average molecular weight is 330 g/mol. The van der Waals surface area contributed by atoms with Crippen LogP contribution in [0.15, 0.2) is 29.2 Å². The third-order valence-electron chi connectivity index (χ3n) is 3.45. The van der Waals surface area contributed by atoms with Crippen LogP contribution in [0, 0.1) is 0 Å². The molecule has 0 aliphatic carbocycles. The van der Waals surface area contributed by atoms with E-state index in [0.29, 0.717) is 29.5 Å². The Labute approximate surface area is 129 Å². The fourth-order valence-corrected chi connectivity index (χ4v) is 4.92. The summed E-state index contributed by atoms with van der Waals surface area (Å²) in [6.45, 7) is 4.49. The summed E-state index contributed by atoms with van der Waals surface area (Å²) >= 11 is 0. The number of nitrogens with one attached hydrogen (secondary N) is 1. The first-order valence-corrected chi connectivity index (χ1v) is 10.1. The lowest BCUT2D eigenvalue weighted by Gasteiger charge is -2.25. The van der Waals surface area contributed by atoms with Crippen molar-refractivity contribution >= 4 is 20.8 Å². The molecule has 7 heteroatoms. The first-order valence-electron chi connectivity index (χ1n) is 7.19. The van der Waals surface area contributed by atoms with Gasteiger partial charge in [-0.25, -0.2) is 8.42 Å². The Morgan fingerprint density at radius 2 is 1.81 bits per heavy atom. The summed E-state index contributed by atoms with van der Waals surface area (Å²) in [6.07, 6.45) is 1.07. The second-order valence-electron chi connectivity index (χ2n) is 5.07. The molecule has 1 fully saturated rings. The first kappa shape index (κ1) is 16.6. The Morgan fingerprint density at radius 1 is 1.19 bits per heavy atom. The maximum atomic E-state index is 12.5. The van der Waals surface area contributed by atoms with Gasteiger partial charge in [0, 0.05) is 41.9 Å². The molecule has 0 bridgehead atoms. The monoisotopic (exact) mass is 330 g/mol. The molecule has 1 heterocycles. The zero-order valence-electron chi connectivity index (χ0n) is 12.2. The normalized spacial score (nSPS) is 18.0. The molecule has 0 radical (unpaired) electrons. The predicted octanol–water partition coefficient (Wildman–Crippen LogP) is 0.939. The molecule has 1 aliphatic heterocycles. The number of nitrogens with zero attached hydrogens (tertiary/aromatic N) is 1. The highest BCUT2D eigenvalue weighted by Gasteiger charge is 2.27. The third kappa shape index (κ3) is 4.35. The summed E-state index contributed by atoms with van der Waals surface area (Å²) in [7, 11) is -4.32. The van der Waals surface area contributed by atoms with E-state index in [2.05, 4.69) is 12.2 Å². The zero-order chi connectivity index (χ0) is 15.3. The molecule has 0 aromatic heterocycles. The lowest BCUT2D eigenvalue weighted by atomic mass is 10.2. The van der Waals surface area contributed by atoms with Gasteiger partial charge in [0.15, 0.2) is 0 Å². The number of benzene rings is 1. The van der Waals surface area contributed by atoms with E-state index in [1.54, 1.807) is 12.1 Å². The van der Waals surface area contributed by atoms with Crippen LogP contribution in [0.2, 0.25) is 0 Å². The molecule has 0 amide bonds. The number of rotatable bonds is 6. The quantitative estimate of drug-likeness (QED) is 0.788. The maximum absolute atomic E-state index is 12.5. The summed E-state index contributed by atoms with van der Waals surface area (Å²) in [6, 6.07) is 7.00. The molecule has 118 valence electrons. The zero-order valence-corrected chi connectivity index (χ0v) is 13.9. The van der Waals surface area contributed by atoms with Gasteiger partial charge in [0.1, 0.15) is 0 Å². The molecular weight excluding hydrogens is 308 g/mol. The predicted molar refractivity (Wildman–Crippen MR) is 85.1 cm³/mol. The van der Waals surface area contributed by atoms with Gasteiger partial charge >= 0.3 is 0 Å². The summed E-state index contributed by atoms with van der Waals surface area (Å²) in [5.41, 5.74) is 1.07. The molecule has 1 aliphatic rings. The van der Waals surface area contributed by atoms with Crippen molar-refractivity contribution < 1.29 is 12.6 Å². The van der Waals surface area contributed by atoms with Crippen LogP contribution in [-0.2, 0) is 27.4 Å². The standard InChI is InChI=1S/C14H22N2O3S2/c1-2-7-15-12-13-3-5-14(6-4-13)21(18,19)16-8-10-20(17)11-9-16/h3-6,15H,2,7-12H2,1H3. The van der Waals surface area contributed by atoms with Gasteiger partial charge in [-0.2, -0.15) is 4.31 Å². The molecule has 5 nitrogen and oxygen atoms in total. The van der Waals surface area contributed by atoms with E-state index >= 15 is 0 Å². The second-order valence-corrected chi connectivity index (χ2v) is 8.71. The van der Waals surface area contributed by atoms with Crippen LogP contribution in [0.1, 0.15) is 18.9 Å². The highest BCUT2D eigenvalue weighted by molar-refractivity contribution is 7.89. The molecule has 0 unspecified atom stereocenters. The van der Waals surface area contributed by atoms with Crippen molar-refractivity contribution in [3.8, 4) is 0 Å².